The maximum Gasteiger partial charge on any atom is 0.226 e. The summed E-state index contributed by atoms with van der Waals surface area (Å²) in [6.07, 6.45) is 1.24. The summed E-state index contributed by atoms with van der Waals surface area (Å²) in [5.74, 6) is -0.361. The molecule has 0 unspecified atom stereocenters. The Balaban J connectivity index is 1.39. The van der Waals surface area contributed by atoms with Gasteiger partial charge < -0.3 is 10.6 Å². The predicted octanol–water partition coefficient (Wildman–Crippen LogP) is 6.37. The van der Waals surface area contributed by atoms with Crippen molar-refractivity contribution in [3.05, 3.63) is 64.8 Å². The molecule has 176 valence electrons. The van der Waals surface area contributed by atoms with Gasteiger partial charge in [-0.05, 0) is 56.2 Å². The van der Waals surface area contributed by atoms with Crippen molar-refractivity contribution in [2.75, 3.05) is 23.7 Å². The van der Waals surface area contributed by atoms with E-state index < -0.39 is 0 Å². The average Bonchev–Trinajstić information content (AvgIpc) is 3.39. The average molecular weight is 495 g/mol. The van der Waals surface area contributed by atoms with Gasteiger partial charge in [0.05, 0.1) is 10.2 Å². The van der Waals surface area contributed by atoms with Crippen LogP contribution >= 0.6 is 22.7 Å². The Hall–Kier alpha value is -2.81. The zero-order valence-corrected chi connectivity index (χ0v) is 20.9. The van der Waals surface area contributed by atoms with Gasteiger partial charge in [-0.2, -0.15) is 0 Å². The number of nitrogens with one attached hydrogen (secondary N) is 2. The Morgan fingerprint density at radius 2 is 2.03 bits per heavy atom. The van der Waals surface area contributed by atoms with Crippen molar-refractivity contribution in [2.45, 2.75) is 39.3 Å². The maximum absolute atomic E-state index is 13.4. The van der Waals surface area contributed by atoms with E-state index in [0.29, 0.717) is 18.3 Å². The fourth-order valence-corrected chi connectivity index (χ4v) is 6.67. The molecule has 0 bridgehead atoms. The fourth-order valence-electron chi connectivity index (χ4n) is 4.27. The van der Waals surface area contributed by atoms with Gasteiger partial charge in [-0.3, -0.25) is 9.69 Å². The van der Waals surface area contributed by atoms with E-state index in [-0.39, 0.29) is 18.1 Å². The second kappa shape index (κ2) is 9.82. The molecule has 34 heavy (non-hydrogen) atoms. The molecule has 0 fully saturated rings. The van der Waals surface area contributed by atoms with Crippen molar-refractivity contribution in [1.29, 1.82) is 0 Å². The van der Waals surface area contributed by atoms with Crippen LogP contribution in [0.4, 0.5) is 15.1 Å². The van der Waals surface area contributed by atoms with Gasteiger partial charge in [0.2, 0.25) is 5.91 Å². The molecule has 3 heterocycles. The molecule has 0 atom stereocenters. The van der Waals surface area contributed by atoms with Crippen LogP contribution < -0.4 is 10.6 Å². The van der Waals surface area contributed by atoms with Gasteiger partial charge in [-0.1, -0.05) is 18.2 Å². The van der Waals surface area contributed by atoms with Gasteiger partial charge in [0.15, 0.2) is 0 Å². The van der Waals surface area contributed by atoms with E-state index in [1.807, 2.05) is 18.2 Å². The van der Waals surface area contributed by atoms with Gasteiger partial charge in [0, 0.05) is 48.2 Å². The Labute approximate surface area is 206 Å². The van der Waals surface area contributed by atoms with Crippen molar-refractivity contribution in [2.24, 2.45) is 0 Å². The Kier molecular flexibility index (Phi) is 6.63. The molecule has 8 heteroatoms. The van der Waals surface area contributed by atoms with Crippen molar-refractivity contribution >= 4 is 49.5 Å². The van der Waals surface area contributed by atoms with E-state index in [2.05, 4.69) is 35.4 Å². The molecule has 1 aliphatic heterocycles. The number of fused-ring (bicyclic) bond motifs is 2. The molecule has 4 aromatic rings. The van der Waals surface area contributed by atoms with Gasteiger partial charge in [0.25, 0.3) is 0 Å². The number of thiazole rings is 1. The SMILES string of the molecule is CC(C)N1CCc2c(sc(NC(=O)CCNc3cccc(F)c3)c2-c2nc3ccccc3s2)C1. The molecular weight excluding hydrogens is 467 g/mol. The molecule has 0 saturated carbocycles. The third kappa shape index (κ3) is 4.85. The Morgan fingerprint density at radius 3 is 2.82 bits per heavy atom. The van der Waals surface area contributed by atoms with Crippen molar-refractivity contribution in [1.82, 2.24) is 9.88 Å². The Bertz CT molecular complexity index is 1300. The Morgan fingerprint density at radius 1 is 1.18 bits per heavy atom. The molecule has 0 spiro atoms. The van der Waals surface area contributed by atoms with Crippen molar-refractivity contribution in [3.8, 4) is 10.6 Å². The number of amides is 1. The fraction of sp³-hybridized carbons (Fsp3) is 0.308. The van der Waals surface area contributed by atoms with Gasteiger partial charge >= 0.3 is 0 Å². The lowest BCUT2D eigenvalue weighted by molar-refractivity contribution is -0.115. The van der Waals surface area contributed by atoms with Crippen LogP contribution in [0.15, 0.2) is 48.5 Å². The highest BCUT2D eigenvalue weighted by Crippen LogP contribution is 2.45. The van der Waals surface area contributed by atoms with Crippen molar-refractivity contribution in [3.63, 3.8) is 0 Å². The highest BCUT2D eigenvalue weighted by atomic mass is 32.1. The standard InChI is InChI=1S/C26H27FN4OS2/c1-16(2)31-13-11-19-22(15-31)34-26(24(19)25-29-20-8-3-4-9-21(20)33-25)30-23(32)10-12-28-18-7-5-6-17(27)14-18/h3-9,14,16,28H,10-13,15H2,1-2H3,(H,30,32). The summed E-state index contributed by atoms with van der Waals surface area (Å²) in [4.78, 5) is 21.5. The number of thiophene rings is 1. The summed E-state index contributed by atoms with van der Waals surface area (Å²) in [5.41, 5.74) is 4.05. The smallest absolute Gasteiger partial charge is 0.226 e. The van der Waals surface area contributed by atoms with E-state index in [0.717, 1.165) is 45.3 Å². The van der Waals surface area contributed by atoms with E-state index in [1.165, 1.54) is 22.6 Å². The molecule has 2 aromatic carbocycles. The molecule has 2 N–H and O–H groups in total. The zero-order valence-electron chi connectivity index (χ0n) is 19.2. The van der Waals surface area contributed by atoms with E-state index >= 15 is 0 Å². The second-order valence-electron chi connectivity index (χ2n) is 8.74. The lowest BCUT2D eigenvalue weighted by atomic mass is 10.0. The van der Waals surface area contributed by atoms with Gasteiger partial charge in [-0.25, -0.2) is 9.37 Å². The second-order valence-corrected chi connectivity index (χ2v) is 10.9. The first kappa shape index (κ1) is 23.0. The number of nitrogens with zero attached hydrogens (tertiary/aromatic N) is 2. The number of hydrogen-bond acceptors (Lipinski definition) is 6. The quantitative estimate of drug-likeness (QED) is 0.313. The molecule has 1 aliphatic rings. The van der Waals surface area contributed by atoms with Crippen LogP contribution in [0.5, 0.6) is 0 Å². The van der Waals surface area contributed by atoms with E-state index in [9.17, 15) is 9.18 Å². The van der Waals surface area contributed by atoms with Crippen LogP contribution in [0.25, 0.3) is 20.8 Å². The highest BCUT2D eigenvalue weighted by Gasteiger charge is 2.28. The maximum atomic E-state index is 13.4. The normalized spacial score (nSPS) is 13.9. The van der Waals surface area contributed by atoms with Gasteiger partial charge in [0.1, 0.15) is 15.8 Å². The van der Waals surface area contributed by atoms with Crippen LogP contribution in [0, 0.1) is 5.82 Å². The number of carbonyl (C=O) groups is 1. The number of aromatic nitrogens is 1. The minimum atomic E-state index is -0.297. The number of halogens is 1. The first-order chi connectivity index (χ1) is 16.5. The molecule has 5 rings (SSSR count). The number of anilines is 2. The van der Waals surface area contributed by atoms with E-state index in [4.69, 9.17) is 4.98 Å². The van der Waals surface area contributed by atoms with Crippen LogP contribution in [0.1, 0.15) is 30.7 Å². The van der Waals surface area contributed by atoms with Crippen LogP contribution in [-0.2, 0) is 17.8 Å². The molecule has 5 nitrogen and oxygen atoms in total. The van der Waals surface area contributed by atoms with E-state index in [1.54, 1.807) is 34.8 Å². The molecule has 1 amide bonds. The van der Waals surface area contributed by atoms with Crippen LogP contribution in [-0.4, -0.2) is 34.9 Å². The monoisotopic (exact) mass is 494 g/mol. The minimum Gasteiger partial charge on any atom is -0.384 e. The first-order valence-electron chi connectivity index (χ1n) is 11.5. The van der Waals surface area contributed by atoms with Gasteiger partial charge in [-0.15, -0.1) is 22.7 Å². The zero-order chi connectivity index (χ0) is 23.7. The third-order valence-electron chi connectivity index (χ3n) is 6.08. The van der Waals surface area contributed by atoms with Crippen molar-refractivity contribution < 1.29 is 9.18 Å². The lowest BCUT2D eigenvalue weighted by Gasteiger charge is -2.30. The third-order valence-corrected chi connectivity index (χ3v) is 8.27. The summed E-state index contributed by atoms with van der Waals surface area (Å²) in [6, 6.07) is 14.9. The summed E-state index contributed by atoms with van der Waals surface area (Å²) >= 11 is 3.35. The predicted molar refractivity (Wildman–Crippen MR) is 140 cm³/mol. The lowest BCUT2D eigenvalue weighted by Crippen LogP contribution is -2.35. The van der Waals surface area contributed by atoms with Crippen LogP contribution in [0.2, 0.25) is 0 Å². The molecule has 0 aliphatic carbocycles. The summed E-state index contributed by atoms with van der Waals surface area (Å²) in [6.45, 7) is 6.78. The number of benzene rings is 2. The molecule has 0 saturated heterocycles. The summed E-state index contributed by atoms with van der Waals surface area (Å²) < 4.78 is 14.5. The highest BCUT2D eigenvalue weighted by molar-refractivity contribution is 7.22. The largest absolute Gasteiger partial charge is 0.384 e. The topological polar surface area (TPSA) is 57.3 Å². The summed E-state index contributed by atoms with van der Waals surface area (Å²) in [5, 5.41) is 8.13. The number of hydrogen-bond donors (Lipinski definition) is 2. The van der Waals surface area contributed by atoms with Crippen LogP contribution in [0.3, 0.4) is 0 Å². The molecule has 0 radical (unpaired) electrons. The number of para-hydroxylation sites is 1. The number of rotatable bonds is 7. The first-order valence-corrected chi connectivity index (χ1v) is 13.1. The summed E-state index contributed by atoms with van der Waals surface area (Å²) in [7, 11) is 0. The molecular formula is C26H27FN4OS2. The minimum absolute atomic E-state index is 0.0643. The molecule has 2 aromatic heterocycles. The number of carbonyl (C=O) groups excluding carboxylic acids is 1.